The Morgan fingerprint density at radius 1 is 1.17 bits per heavy atom. The molecule has 7 nitrogen and oxygen atoms in total. The van der Waals surface area contributed by atoms with Crippen molar-refractivity contribution in [2.45, 2.75) is 44.2 Å². The van der Waals surface area contributed by atoms with Gasteiger partial charge in [0.1, 0.15) is 11.6 Å². The topological polar surface area (TPSA) is 94.6 Å². The highest BCUT2D eigenvalue weighted by Gasteiger charge is 2.55. The molecular formula is C26H25ClFN3O4. The Kier molecular flexibility index (Phi) is 6.01. The number of halogens is 2. The molecule has 1 aliphatic carbocycles. The third kappa shape index (κ3) is 4.27. The Morgan fingerprint density at radius 3 is 2.71 bits per heavy atom. The number of hydrogen-bond acceptors (Lipinski definition) is 4. The second-order valence-electron chi connectivity index (χ2n) is 9.22. The number of aryl methyl sites for hydroxylation is 1. The molecule has 1 saturated carbocycles. The quantitative estimate of drug-likeness (QED) is 0.531. The molecule has 2 unspecified atom stereocenters. The van der Waals surface area contributed by atoms with Crippen LogP contribution in [0.5, 0.6) is 5.75 Å². The first-order chi connectivity index (χ1) is 16.8. The van der Waals surface area contributed by atoms with Gasteiger partial charge in [0.2, 0.25) is 5.91 Å². The van der Waals surface area contributed by atoms with Gasteiger partial charge in [-0.3, -0.25) is 14.2 Å². The molecule has 2 aromatic carbocycles. The Morgan fingerprint density at radius 2 is 1.97 bits per heavy atom. The first kappa shape index (κ1) is 23.4. The van der Waals surface area contributed by atoms with Crippen molar-refractivity contribution in [3.05, 3.63) is 64.6 Å². The van der Waals surface area contributed by atoms with Crippen LogP contribution in [0.3, 0.4) is 0 Å². The molecule has 2 fully saturated rings. The molecule has 1 aromatic heterocycles. The van der Waals surface area contributed by atoms with E-state index >= 15 is 0 Å². The first-order valence-corrected chi connectivity index (χ1v) is 11.9. The fraction of sp³-hybridized carbons (Fsp3) is 0.346. The number of primary amides is 1. The minimum absolute atomic E-state index is 0.0276. The number of rotatable bonds is 7. The molecule has 182 valence electrons. The van der Waals surface area contributed by atoms with Crippen molar-refractivity contribution in [3.63, 3.8) is 0 Å². The maximum absolute atomic E-state index is 14.2. The lowest BCUT2D eigenvalue weighted by molar-refractivity contribution is -0.138. The summed E-state index contributed by atoms with van der Waals surface area (Å²) in [5.74, 6) is 0.159. The van der Waals surface area contributed by atoms with Crippen LogP contribution in [-0.4, -0.2) is 46.4 Å². The summed E-state index contributed by atoms with van der Waals surface area (Å²) in [6, 6.07) is 8.84. The van der Waals surface area contributed by atoms with E-state index in [0.717, 1.165) is 6.42 Å². The molecule has 1 aliphatic heterocycles. The number of ether oxygens (including phenoxy) is 1. The van der Waals surface area contributed by atoms with Gasteiger partial charge in [-0.2, -0.15) is 0 Å². The molecule has 2 amide bonds. The predicted molar refractivity (Wildman–Crippen MR) is 129 cm³/mol. The number of hydrogen-bond donors (Lipinski definition) is 1. The molecule has 2 heterocycles. The number of benzene rings is 2. The maximum Gasteiger partial charge on any atom is 0.323 e. The number of aromatic nitrogens is 1. The van der Waals surface area contributed by atoms with Crippen LogP contribution in [0.15, 0.2) is 42.6 Å². The first-order valence-electron chi connectivity index (χ1n) is 11.5. The van der Waals surface area contributed by atoms with Gasteiger partial charge >= 0.3 is 6.03 Å². The molecule has 2 aliphatic rings. The van der Waals surface area contributed by atoms with Gasteiger partial charge in [0.15, 0.2) is 5.78 Å². The zero-order valence-electron chi connectivity index (χ0n) is 19.2. The Balaban J connectivity index is 1.35. The number of fused-ring (bicyclic) bond motifs is 2. The molecule has 35 heavy (non-hydrogen) atoms. The van der Waals surface area contributed by atoms with Gasteiger partial charge in [-0.25, -0.2) is 9.18 Å². The van der Waals surface area contributed by atoms with Crippen molar-refractivity contribution in [3.8, 4) is 5.75 Å². The second kappa shape index (κ2) is 9.00. The number of amides is 2. The Labute approximate surface area is 206 Å². The highest BCUT2D eigenvalue weighted by atomic mass is 35.5. The summed E-state index contributed by atoms with van der Waals surface area (Å²) in [6.07, 6.45) is 3.47. The number of piperidine rings is 1. The number of likely N-dealkylation sites (tertiary alicyclic amines) is 1. The van der Waals surface area contributed by atoms with Crippen molar-refractivity contribution < 1.29 is 23.5 Å². The van der Waals surface area contributed by atoms with Crippen molar-refractivity contribution in [2.75, 3.05) is 7.11 Å². The summed E-state index contributed by atoms with van der Waals surface area (Å²) in [6.45, 7) is 0. The summed E-state index contributed by atoms with van der Waals surface area (Å²) in [7, 11) is 1.54. The summed E-state index contributed by atoms with van der Waals surface area (Å²) in [5.41, 5.74) is 7.14. The smallest absolute Gasteiger partial charge is 0.323 e. The van der Waals surface area contributed by atoms with Crippen LogP contribution in [-0.2, 0) is 22.4 Å². The summed E-state index contributed by atoms with van der Waals surface area (Å²) >= 11 is 5.85. The highest BCUT2D eigenvalue weighted by Crippen LogP contribution is 2.48. The van der Waals surface area contributed by atoms with E-state index in [0.29, 0.717) is 40.1 Å². The van der Waals surface area contributed by atoms with E-state index in [4.69, 9.17) is 22.1 Å². The molecule has 0 bridgehead atoms. The van der Waals surface area contributed by atoms with E-state index in [1.807, 2.05) is 0 Å². The fourth-order valence-electron chi connectivity index (χ4n) is 5.25. The third-order valence-corrected chi connectivity index (χ3v) is 7.40. The molecule has 9 heteroatoms. The SMILES string of the molecule is COc1ccc2c(c1)c(CC(=O)N1C3CC3C[C@H]1C(=O)CCc1cccc(Cl)c1F)cn2C(N)=O. The van der Waals surface area contributed by atoms with Crippen LogP contribution >= 0.6 is 11.6 Å². The average molecular weight is 498 g/mol. The third-order valence-electron chi connectivity index (χ3n) is 7.11. The Hall–Kier alpha value is -3.39. The van der Waals surface area contributed by atoms with Crippen LogP contribution in [0.1, 0.15) is 30.4 Å². The van der Waals surface area contributed by atoms with Crippen LogP contribution in [0.2, 0.25) is 5.02 Å². The van der Waals surface area contributed by atoms with E-state index in [2.05, 4.69) is 0 Å². The summed E-state index contributed by atoms with van der Waals surface area (Å²) in [5, 5.41) is 0.725. The monoisotopic (exact) mass is 497 g/mol. The molecule has 5 rings (SSSR count). The van der Waals surface area contributed by atoms with Gasteiger partial charge < -0.3 is 15.4 Å². The van der Waals surface area contributed by atoms with E-state index < -0.39 is 17.9 Å². The average Bonchev–Trinajstić information content (AvgIpc) is 3.35. The molecule has 1 saturated heterocycles. The van der Waals surface area contributed by atoms with Gasteiger partial charge in [-0.1, -0.05) is 23.7 Å². The van der Waals surface area contributed by atoms with Gasteiger partial charge in [-0.15, -0.1) is 0 Å². The van der Waals surface area contributed by atoms with Crippen molar-refractivity contribution >= 4 is 40.2 Å². The molecular weight excluding hydrogens is 473 g/mol. The van der Waals surface area contributed by atoms with Crippen molar-refractivity contribution in [2.24, 2.45) is 11.7 Å². The largest absolute Gasteiger partial charge is 0.497 e. The standard InChI is InChI=1S/C26H25ClFN3O4/c1-35-17-6-7-20-18(12-17)16(13-30(20)26(29)34)11-24(33)31-21-9-15(21)10-22(31)23(32)8-5-14-3-2-4-19(27)25(14)28/h2-4,6-7,12-13,15,21-22H,5,8-11H2,1H3,(H2,29,34)/t15?,21?,22-/m0/s1. The molecule has 0 radical (unpaired) electrons. The van der Waals surface area contributed by atoms with Gasteiger partial charge in [0.25, 0.3) is 0 Å². The van der Waals surface area contributed by atoms with Gasteiger partial charge in [0, 0.05) is 24.0 Å². The van der Waals surface area contributed by atoms with Crippen LogP contribution < -0.4 is 10.5 Å². The lowest BCUT2D eigenvalue weighted by Gasteiger charge is -2.27. The summed E-state index contributed by atoms with van der Waals surface area (Å²) < 4.78 is 20.8. The zero-order chi connectivity index (χ0) is 24.9. The molecule has 3 atom stereocenters. The number of Topliss-reactive ketones (excluding diaryl/α,β-unsaturated/α-hetero) is 1. The molecule has 0 spiro atoms. The maximum atomic E-state index is 14.2. The highest BCUT2D eigenvalue weighted by molar-refractivity contribution is 6.30. The van der Waals surface area contributed by atoms with Crippen LogP contribution in [0.25, 0.3) is 10.9 Å². The summed E-state index contributed by atoms with van der Waals surface area (Å²) in [4.78, 5) is 40.2. The number of carbonyl (C=O) groups is 3. The number of ketones is 1. The van der Waals surface area contributed by atoms with E-state index in [1.54, 1.807) is 48.5 Å². The normalized spacial score (nSPS) is 20.7. The lowest BCUT2D eigenvalue weighted by Crippen LogP contribution is -2.44. The number of nitrogens with zero attached hydrogens (tertiary/aromatic N) is 2. The van der Waals surface area contributed by atoms with E-state index in [9.17, 15) is 18.8 Å². The number of nitrogens with two attached hydrogens (primary N) is 1. The minimum Gasteiger partial charge on any atom is -0.497 e. The number of methoxy groups -OCH3 is 1. The lowest BCUT2D eigenvalue weighted by atomic mass is 9.99. The second-order valence-corrected chi connectivity index (χ2v) is 9.62. The van der Waals surface area contributed by atoms with Gasteiger partial charge in [0.05, 0.1) is 30.1 Å². The fourth-order valence-corrected chi connectivity index (χ4v) is 5.44. The van der Waals surface area contributed by atoms with E-state index in [1.165, 1.54) is 10.6 Å². The van der Waals surface area contributed by atoms with Crippen LogP contribution in [0.4, 0.5) is 9.18 Å². The number of carbonyl (C=O) groups excluding carboxylic acids is 3. The van der Waals surface area contributed by atoms with Crippen LogP contribution in [0, 0.1) is 11.7 Å². The zero-order valence-corrected chi connectivity index (χ0v) is 19.9. The molecule has 2 N–H and O–H groups in total. The van der Waals surface area contributed by atoms with E-state index in [-0.39, 0.29) is 42.0 Å². The predicted octanol–water partition coefficient (Wildman–Crippen LogP) is 4.10. The molecule has 3 aromatic rings. The Bertz CT molecular complexity index is 1350. The van der Waals surface area contributed by atoms with Gasteiger partial charge in [-0.05, 0) is 60.6 Å². The minimum atomic E-state index is -0.649. The van der Waals surface area contributed by atoms with Crippen molar-refractivity contribution in [1.82, 2.24) is 9.47 Å². The van der Waals surface area contributed by atoms with Crippen molar-refractivity contribution in [1.29, 1.82) is 0 Å².